The monoisotopic (exact) mass is 2040 g/mol. The molecule has 0 bridgehead atoms. The fourth-order valence-electron chi connectivity index (χ4n) is 17.9. The number of halogens is 6. The molecule has 30 nitrogen and oxygen atoms in total. The van der Waals surface area contributed by atoms with Crippen molar-refractivity contribution in [1.29, 1.82) is 0 Å². The van der Waals surface area contributed by atoms with Gasteiger partial charge in [-0.1, -0.05) is 199 Å². The highest BCUT2D eigenvalue weighted by Crippen LogP contribution is 2.51. The van der Waals surface area contributed by atoms with E-state index in [-0.39, 0.29) is 98.6 Å². The number of carbonyl (C=O) groups excluding carboxylic acids is 12. The van der Waals surface area contributed by atoms with Crippen LogP contribution in [0.1, 0.15) is 146 Å². The lowest BCUT2D eigenvalue weighted by Crippen LogP contribution is -2.61. The molecule has 1 aliphatic carbocycles. The van der Waals surface area contributed by atoms with Crippen molar-refractivity contribution in [3.63, 3.8) is 0 Å². The highest BCUT2D eigenvalue weighted by Gasteiger charge is 2.47. The first kappa shape index (κ1) is 112. The van der Waals surface area contributed by atoms with E-state index in [4.69, 9.17) is 25.5 Å². The lowest BCUT2D eigenvalue weighted by molar-refractivity contribution is -0.438. The van der Waals surface area contributed by atoms with E-state index < -0.39 is 162 Å². The summed E-state index contributed by atoms with van der Waals surface area (Å²) in [5.41, 5.74) is 16.6. The van der Waals surface area contributed by atoms with E-state index in [0.717, 1.165) is 74.3 Å². The number of hydrogen-bond donors (Lipinski definition) is 13. The van der Waals surface area contributed by atoms with Gasteiger partial charge >= 0.3 is 18.3 Å². The molecule has 12 rings (SSSR count). The van der Waals surface area contributed by atoms with Crippen LogP contribution in [0.3, 0.4) is 0 Å². The molecule has 39 heteroatoms. The maximum absolute atomic E-state index is 15.5. The second-order valence-electron chi connectivity index (χ2n) is 36.5. The maximum atomic E-state index is 15.5. The van der Waals surface area contributed by atoms with Crippen LogP contribution < -0.4 is 58.3 Å². The number of carboxylic acids is 2. The number of likely N-dealkylation sites (N-methyl/N-ethyl adjacent to an activating group) is 1. The summed E-state index contributed by atoms with van der Waals surface area (Å²) in [6, 6.07) is 41.3. The summed E-state index contributed by atoms with van der Waals surface area (Å²) in [4.78, 5) is 180. The molecular weight excluding hydrogens is 1920 g/mol. The van der Waals surface area contributed by atoms with Crippen LogP contribution in [0.25, 0.3) is 27.1 Å². The summed E-state index contributed by atoms with van der Waals surface area (Å²) in [6.45, 7) is 12.0. The second kappa shape index (κ2) is 52.1. The van der Waals surface area contributed by atoms with E-state index in [1.165, 1.54) is 69.3 Å². The largest absolute Gasteiger partial charge is 0.542 e. The quantitative estimate of drug-likeness (QED) is 0.00446. The number of nitrogens with two attached hydrogens (primary N) is 1. The van der Waals surface area contributed by atoms with E-state index in [1.54, 1.807) is 60.7 Å². The molecule has 11 atom stereocenters. The number of anilines is 1. The molecule has 1 unspecified atom stereocenters. The number of unbranched alkanes of at least 4 members (excludes halogenated alkanes) is 3. The van der Waals surface area contributed by atoms with Crippen molar-refractivity contribution >= 4 is 154 Å². The van der Waals surface area contributed by atoms with Crippen LogP contribution in [0.15, 0.2) is 200 Å². The van der Waals surface area contributed by atoms with Crippen LogP contribution in [0.4, 0.5) is 37.7 Å². The smallest absolute Gasteiger partial charge is 0.490 e. The predicted molar refractivity (Wildman–Crippen MR) is 535 cm³/mol. The number of carboxylic acid groups (broad SMARTS) is 2. The highest BCUT2D eigenvalue weighted by atomic mass is 33.1. The molecule has 143 heavy (non-hydrogen) atoms. The zero-order valence-corrected chi connectivity index (χ0v) is 82.7. The Labute approximate surface area is 837 Å². The Hall–Kier alpha value is -12.5. The molecule has 0 radical (unpaired) electrons. The third-order valence-electron chi connectivity index (χ3n) is 25.4. The number of imide groups is 1. The average molecular weight is 2040 g/mol. The van der Waals surface area contributed by atoms with Crippen molar-refractivity contribution in [2.75, 3.05) is 62.0 Å². The van der Waals surface area contributed by atoms with Gasteiger partial charge in [0, 0.05) is 123 Å². The lowest BCUT2D eigenvalue weighted by atomic mass is 9.79. The predicted octanol–water partition coefficient (Wildman–Crippen LogP) is 9.41. The summed E-state index contributed by atoms with van der Waals surface area (Å²) in [5, 5.41) is 73.9. The van der Waals surface area contributed by atoms with Gasteiger partial charge < -0.3 is 83.5 Å². The Bertz CT molecular complexity index is 5900. The van der Waals surface area contributed by atoms with E-state index in [1.807, 2.05) is 30.3 Å². The molecule has 14 N–H and O–H groups in total. The molecule has 10 amide bonds. The van der Waals surface area contributed by atoms with Gasteiger partial charge in [-0.25, -0.2) is 4.79 Å². The molecule has 0 spiro atoms. The van der Waals surface area contributed by atoms with Crippen molar-refractivity contribution in [1.82, 2.24) is 47.4 Å². The van der Waals surface area contributed by atoms with Crippen LogP contribution in [0.5, 0.6) is 0 Å². The molecule has 0 aromatic heterocycles. The summed E-state index contributed by atoms with van der Waals surface area (Å²) >= 11 is 1.12. The Morgan fingerprint density at radius 2 is 1.27 bits per heavy atom. The summed E-state index contributed by atoms with van der Waals surface area (Å²) < 4.78 is 65.7. The normalized spacial score (nSPS) is 20.7. The zero-order chi connectivity index (χ0) is 104. The number of aliphatic hydroxyl groups is 3. The highest BCUT2D eigenvalue weighted by molar-refractivity contribution is 8.76. The number of nitrogens with zero attached hydrogens (tertiary/aromatic N) is 3. The number of ketones is 1. The van der Waals surface area contributed by atoms with Crippen LogP contribution >= 0.6 is 33.3 Å². The van der Waals surface area contributed by atoms with E-state index in [9.17, 15) is 75.2 Å². The minimum Gasteiger partial charge on any atom is -0.542 e. The molecule has 4 heterocycles. The number of carbonyl (C=O) groups is 13. The Kier molecular flexibility index (Phi) is 41.0. The van der Waals surface area contributed by atoms with Gasteiger partial charge in [-0.05, 0) is 152 Å². The number of likely N-dealkylation sites (tertiary alicyclic amines) is 1. The van der Waals surface area contributed by atoms with Gasteiger partial charge in [0.25, 0.3) is 0 Å². The van der Waals surface area contributed by atoms with E-state index in [2.05, 4.69) is 190 Å². The zero-order valence-electron chi connectivity index (χ0n) is 80.3. The number of aliphatic hydroxyl groups excluding tert-OH is 3. The number of benzene rings is 7. The molecular formula is C104H122F6N12O18S3. The fraction of sp³-hybridized carbons (Fsp3) is 0.423. The van der Waals surface area contributed by atoms with E-state index in [0.29, 0.717) is 36.8 Å². The third kappa shape index (κ3) is 30.8. The van der Waals surface area contributed by atoms with Gasteiger partial charge in [0.15, 0.2) is 11.5 Å². The van der Waals surface area contributed by atoms with Crippen LogP contribution in [-0.4, -0.2) is 242 Å². The number of fused-ring (bicyclic) bond motifs is 7. The SMILES string of the molecule is C[C@@H](O)[C@@H]1NC(=O)[C@H](CCCCN)NC(=O)[C@@H](CC2=CCc3ccccc32)NC(=O)[C@H](Cc2ccccc2)CC(=O)[C@@H](NC(=O)[C@@H](Cc2ccccc2)NC(=O)CCSC2CC(=O)N(CCNC(=O)CCCCC[N+]3=C(/C=C/C=C/C=C4/N(C)c5ccc6ccccc6c5C4(C)C)C(C)(C)c4c3ccc3ccccc43)C2=O)CSSC[C@@H](C(=O)N[C@H](CO)[C@@H](C)O)NC1=O.O=C(O)C(F)(F)F.O=C([O-])C(F)(F)F. The van der Waals surface area contributed by atoms with E-state index >= 15 is 19.2 Å². The molecule has 5 aliphatic rings. The van der Waals surface area contributed by atoms with Crippen molar-refractivity contribution in [2.45, 2.75) is 214 Å². The first-order chi connectivity index (χ1) is 67.9. The molecule has 0 saturated carbocycles. The third-order valence-corrected chi connectivity index (χ3v) is 29.0. The Balaban J connectivity index is 0.00000139. The molecule has 7 aromatic rings. The molecule has 2 fully saturated rings. The standard InChI is InChI=1S/C100H120N12O14S3.2C2HF3O2/c1-62(114)77(59-113)106-96(124)79-61-129-128-60-78(82(116)57-70(54-64-28-12-8-13-29-64)92(120)105-76(56-69-43-42-66-32-19-22-35-71(66)69)95(123)104-74(38-25-26-49-101)93(121)109-91(63(2)115)97(125)108-79)107-94(122)75(55-65-30-14-9-15-31-65)103-87(118)48-53-127-83-58-88(119)112(98(83)126)52-50-102-86(117)41-18-11-27-51-111-81-47-45-68-34-21-24-37-73(68)90(81)100(5,6)85(111)40-17-10-16-39-84-99(3,4)89-72-36-23-20-33-67(72)44-46-80(89)110(84)7;2*3-2(4,5)1(6)7/h8-10,12-17,19-24,28-37,39-40,43-47,62-63,70,74-79,83,91,113-115H,11,18,25-27,38,41-42,48-61,101H2,1-7H3,(H7-,102,103,104,105,106,107,108,109,117,118,120,121,122,123,124,125);2*(H,6,7)/t62-,63-,70-,74+,75-,76-,77-,78+,79+,83?,91+;;/m1../s1. The molecule has 4 aliphatic heterocycles. The Morgan fingerprint density at radius 1 is 0.657 bits per heavy atom. The van der Waals surface area contributed by atoms with Crippen LogP contribution in [-0.2, 0) is 92.4 Å². The molecule has 766 valence electrons. The van der Waals surface area contributed by atoms with Crippen molar-refractivity contribution in [2.24, 2.45) is 11.7 Å². The maximum Gasteiger partial charge on any atom is 0.490 e. The number of Topliss-reactive ketones (excluding diaryl/α,β-unsaturated/α-hetero) is 1. The first-order valence-electron chi connectivity index (χ1n) is 47.1. The minimum atomic E-state index is -5.19. The van der Waals surface area contributed by atoms with Gasteiger partial charge in [-0.2, -0.15) is 30.9 Å². The van der Waals surface area contributed by atoms with Crippen molar-refractivity contribution in [3.05, 3.63) is 233 Å². The second-order valence-corrected chi connectivity index (χ2v) is 40.3. The first-order valence-corrected chi connectivity index (χ1v) is 50.7. The van der Waals surface area contributed by atoms with Gasteiger partial charge in [-0.3, -0.25) is 57.6 Å². The summed E-state index contributed by atoms with van der Waals surface area (Å²) in [5.74, 6) is -14.8. The minimum absolute atomic E-state index is 0.00308. The summed E-state index contributed by atoms with van der Waals surface area (Å²) in [7, 11) is 4.13. The van der Waals surface area contributed by atoms with Gasteiger partial charge in [0.2, 0.25) is 64.8 Å². The van der Waals surface area contributed by atoms with Crippen molar-refractivity contribution < 1.29 is 119 Å². The van der Waals surface area contributed by atoms with Crippen LogP contribution in [0, 0.1) is 5.92 Å². The number of rotatable bonds is 34. The number of nitrogens with one attached hydrogen (secondary N) is 8. The fourth-order valence-corrected chi connectivity index (χ4v) is 21.3. The average Bonchev–Trinajstić information content (AvgIpc) is 1.57. The number of alkyl halides is 6. The van der Waals surface area contributed by atoms with Crippen molar-refractivity contribution in [3.8, 4) is 0 Å². The van der Waals surface area contributed by atoms with Gasteiger partial charge in [-0.15, -0.1) is 11.8 Å². The van der Waals surface area contributed by atoms with Gasteiger partial charge in [0.05, 0.1) is 41.6 Å². The summed E-state index contributed by atoms with van der Waals surface area (Å²) in [6.07, 6.45) is 2.41. The van der Waals surface area contributed by atoms with Crippen LogP contribution in [0.2, 0.25) is 0 Å². The number of amides is 10. The number of aliphatic carboxylic acids is 2. The molecule has 7 aromatic carbocycles. The lowest BCUT2D eigenvalue weighted by Gasteiger charge is -2.29. The topological polar surface area (TPSA) is 458 Å². The van der Waals surface area contributed by atoms with Gasteiger partial charge in [0.1, 0.15) is 42.7 Å². The Morgan fingerprint density at radius 3 is 1.92 bits per heavy atom. The molecule has 2 saturated heterocycles. The number of allylic oxidation sites excluding steroid dienone is 7. The number of hydrogen-bond acceptors (Lipinski definition) is 22. The number of thioether (sulfide) groups is 1.